The Balaban J connectivity index is 2.01. The van der Waals surface area contributed by atoms with Crippen LogP contribution in [0, 0.1) is 5.92 Å². The van der Waals surface area contributed by atoms with Gasteiger partial charge < -0.3 is 25.2 Å². The molecule has 1 aromatic carbocycles. The van der Waals surface area contributed by atoms with E-state index in [9.17, 15) is 9.90 Å². The molecule has 134 valence electrons. The number of aliphatic hydroxyl groups excluding tert-OH is 1. The van der Waals surface area contributed by atoms with E-state index in [0.717, 1.165) is 5.56 Å². The molecule has 0 aliphatic carbocycles. The van der Waals surface area contributed by atoms with Crippen LogP contribution in [0.1, 0.15) is 38.8 Å². The molecule has 1 saturated heterocycles. The molecule has 0 bridgehead atoms. The first-order chi connectivity index (χ1) is 11.4. The van der Waals surface area contributed by atoms with Crippen molar-refractivity contribution in [2.45, 2.75) is 45.4 Å². The fraction of sp³-hybridized carbons (Fsp3) is 0.611. The van der Waals surface area contributed by atoms with Gasteiger partial charge in [-0.15, -0.1) is 0 Å². The lowest BCUT2D eigenvalue weighted by atomic mass is 10.1. The van der Waals surface area contributed by atoms with Gasteiger partial charge in [0.25, 0.3) is 0 Å². The topological polar surface area (TPSA) is 79.8 Å². The zero-order chi connectivity index (χ0) is 17.7. The minimum Gasteiger partial charge on any atom is -0.493 e. The number of carbonyl (C=O) groups excluding carboxylic acids is 1. The van der Waals surface area contributed by atoms with Crippen LogP contribution in [0.4, 0.5) is 0 Å². The zero-order valence-electron chi connectivity index (χ0n) is 14.8. The van der Waals surface area contributed by atoms with Gasteiger partial charge in [-0.25, -0.2) is 0 Å². The molecule has 1 heterocycles. The summed E-state index contributed by atoms with van der Waals surface area (Å²) in [7, 11) is 1.61. The molecule has 0 saturated carbocycles. The van der Waals surface area contributed by atoms with Gasteiger partial charge in [0.05, 0.1) is 31.9 Å². The summed E-state index contributed by atoms with van der Waals surface area (Å²) in [5, 5.41) is 15.5. The van der Waals surface area contributed by atoms with Crippen LogP contribution < -0.4 is 20.1 Å². The van der Waals surface area contributed by atoms with E-state index in [4.69, 9.17) is 9.47 Å². The Morgan fingerprint density at radius 3 is 2.71 bits per heavy atom. The van der Waals surface area contributed by atoms with Crippen molar-refractivity contribution in [1.82, 2.24) is 10.6 Å². The van der Waals surface area contributed by atoms with E-state index in [2.05, 4.69) is 24.5 Å². The quantitative estimate of drug-likeness (QED) is 0.705. The lowest BCUT2D eigenvalue weighted by Crippen LogP contribution is -2.41. The van der Waals surface area contributed by atoms with Crippen molar-refractivity contribution in [2.75, 3.05) is 20.3 Å². The van der Waals surface area contributed by atoms with Gasteiger partial charge in [-0.1, -0.05) is 19.9 Å². The highest BCUT2D eigenvalue weighted by Crippen LogP contribution is 2.30. The SMILES string of the molecule is COc1cc([C@H](C)NC(=O)[C@@H]2C[C@@H](O)CN2)ccc1OCC(C)C. The van der Waals surface area contributed by atoms with Gasteiger partial charge >= 0.3 is 0 Å². The number of β-amino-alcohol motifs (C(OH)–C–C–N with tert-alkyl or cyclic N) is 1. The molecular formula is C18H28N2O4. The summed E-state index contributed by atoms with van der Waals surface area (Å²) in [5.41, 5.74) is 0.940. The predicted molar refractivity (Wildman–Crippen MR) is 92.3 cm³/mol. The number of hydrogen-bond acceptors (Lipinski definition) is 5. The second-order valence-corrected chi connectivity index (χ2v) is 6.70. The summed E-state index contributed by atoms with van der Waals surface area (Å²) in [6.07, 6.45) is -0.00216. The highest BCUT2D eigenvalue weighted by Gasteiger charge is 2.28. The third-order valence-corrected chi connectivity index (χ3v) is 4.04. The molecule has 3 N–H and O–H groups in total. The minimum atomic E-state index is -0.450. The number of hydrogen-bond donors (Lipinski definition) is 3. The second-order valence-electron chi connectivity index (χ2n) is 6.70. The third-order valence-electron chi connectivity index (χ3n) is 4.04. The van der Waals surface area contributed by atoms with Crippen LogP contribution in [0.25, 0.3) is 0 Å². The van der Waals surface area contributed by atoms with Crippen molar-refractivity contribution >= 4 is 5.91 Å². The highest BCUT2D eigenvalue weighted by atomic mass is 16.5. The molecule has 0 radical (unpaired) electrons. The number of nitrogens with one attached hydrogen (secondary N) is 2. The molecule has 0 spiro atoms. The van der Waals surface area contributed by atoms with Crippen LogP contribution in [-0.4, -0.2) is 43.4 Å². The molecule has 1 aromatic rings. The lowest BCUT2D eigenvalue weighted by molar-refractivity contribution is -0.123. The molecule has 2 rings (SSSR count). The summed E-state index contributed by atoms with van der Waals surface area (Å²) in [5.74, 6) is 1.69. The number of benzene rings is 1. The van der Waals surface area contributed by atoms with E-state index < -0.39 is 6.10 Å². The summed E-state index contributed by atoms with van der Waals surface area (Å²) in [6.45, 7) is 7.19. The summed E-state index contributed by atoms with van der Waals surface area (Å²) >= 11 is 0. The van der Waals surface area contributed by atoms with Crippen molar-refractivity contribution < 1.29 is 19.4 Å². The molecule has 0 aromatic heterocycles. The number of rotatable bonds is 7. The van der Waals surface area contributed by atoms with Crippen LogP contribution in [-0.2, 0) is 4.79 Å². The molecule has 3 atom stereocenters. The predicted octanol–water partition coefficient (Wildman–Crippen LogP) is 1.63. The number of amides is 1. The van der Waals surface area contributed by atoms with Crippen LogP contribution in [0.5, 0.6) is 11.5 Å². The average Bonchev–Trinajstić information content (AvgIpc) is 2.99. The fourth-order valence-corrected chi connectivity index (χ4v) is 2.64. The molecule has 6 nitrogen and oxygen atoms in total. The maximum atomic E-state index is 12.2. The zero-order valence-corrected chi connectivity index (χ0v) is 14.8. The Hall–Kier alpha value is -1.79. The first-order valence-corrected chi connectivity index (χ1v) is 8.43. The normalized spacial score (nSPS) is 21.6. The Labute approximate surface area is 143 Å². The number of methoxy groups -OCH3 is 1. The summed E-state index contributed by atoms with van der Waals surface area (Å²) in [6, 6.07) is 5.19. The number of aliphatic hydroxyl groups is 1. The van der Waals surface area contributed by atoms with Gasteiger partial charge in [-0.05, 0) is 37.0 Å². The van der Waals surface area contributed by atoms with Crippen molar-refractivity contribution in [3.05, 3.63) is 23.8 Å². The van der Waals surface area contributed by atoms with E-state index in [1.165, 1.54) is 0 Å². The molecule has 1 amide bonds. The van der Waals surface area contributed by atoms with Crippen LogP contribution >= 0.6 is 0 Å². The van der Waals surface area contributed by atoms with Gasteiger partial charge in [-0.3, -0.25) is 4.79 Å². The van der Waals surface area contributed by atoms with Gasteiger partial charge in [0.2, 0.25) is 5.91 Å². The van der Waals surface area contributed by atoms with Crippen molar-refractivity contribution in [2.24, 2.45) is 5.92 Å². The fourth-order valence-electron chi connectivity index (χ4n) is 2.64. The van der Waals surface area contributed by atoms with E-state index in [-0.39, 0.29) is 18.0 Å². The van der Waals surface area contributed by atoms with E-state index in [0.29, 0.717) is 37.0 Å². The van der Waals surface area contributed by atoms with E-state index in [1.807, 2.05) is 25.1 Å². The maximum Gasteiger partial charge on any atom is 0.237 e. The molecule has 0 unspecified atom stereocenters. The Morgan fingerprint density at radius 1 is 1.38 bits per heavy atom. The average molecular weight is 336 g/mol. The van der Waals surface area contributed by atoms with Gasteiger partial charge in [0, 0.05) is 6.54 Å². The third kappa shape index (κ3) is 4.85. The number of carbonyl (C=O) groups is 1. The first kappa shape index (κ1) is 18.5. The van der Waals surface area contributed by atoms with Crippen molar-refractivity contribution in [1.29, 1.82) is 0 Å². The Morgan fingerprint density at radius 2 is 2.12 bits per heavy atom. The summed E-state index contributed by atoms with van der Waals surface area (Å²) in [4.78, 5) is 12.2. The second kappa shape index (κ2) is 8.35. The van der Waals surface area contributed by atoms with Crippen LogP contribution in [0.3, 0.4) is 0 Å². The summed E-state index contributed by atoms with van der Waals surface area (Å²) < 4.78 is 11.2. The smallest absolute Gasteiger partial charge is 0.237 e. The molecule has 1 aliphatic heterocycles. The van der Waals surface area contributed by atoms with Gasteiger partial charge in [0.15, 0.2) is 11.5 Å². The molecule has 1 aliphatic rings. The van der Waals surface area contributed by atoms with Gasteiger partial charge in [-0.2, -0.15) is 0 Å². The van der Waals surface area contributed by atoms with E-state index in [1.54, 1.807) is 7.11 Å². The standard InChI is InChI=1S/C18H28N2O4/c1-11(2)10-24-16-6-5-13(7-17(16)23-4)12(3)20-18(22)15-8-14(21)9-19-15/h5-7,11-12,14-15,19,21H,8-10H2,1-4H3,(H,20,22)/t12-,14+,15-/m0/s1. The van der Waals surface area contributed by atoms with Crippen LogP contribution in [0.2, 0.25) is 0 Å². The Kier molecular flexibility index (Phi) is 6.45. The molecule has 6 heteroatoms. The molecule has 1 fully saturated rings. The minimum absolute atomic E-state index is 0.0989. The maximum absolute atomic E-state index is 12.2. The first-order valence-electron chi connectivity index (χ1n) is 8.43. The van der Waals surface area contributed by atoms with E-state index >= 15 is 0 Å². The monoisotopic (exact) mass is 336 g/mol. The Bertz CT molecular complexity index is 562. The highest BCUT2D eigenvalue weighted by molar-refractivity contribution is 5.82. The van der Waals surface area contributed by atoms with Crippen molar-refractivity contribution in [3.63, 3.8) is 0 Å². The largest absolute Gasteiger partial charge is 0.493 e. The molecule has 24 heavy (non-hydrogen) atoms. The number of ether oxygens (including phenoxy) is 2. The van der Waals surface area contributed by atoms with Crippen LogP contribution in [0.15, 0.2) is 18.2 Å². The van der Waals surface area contributed by atoms with Gasteiger partial charge in [0.1, 0.15) is 0 Å². The molecular weight excluding hydrogens is 308 g/mol. The lowest BCUT2D eigenvalue weighted by Gasteiger charge is -2.19. The van der Waals surface area contributed by atoms with Crippen molar-refractivity contribution in [3.8, 4) is 11.5 Å².